The van der Waals surface area contributed by atoms with Gasteiger partial charge in [0, 0.05) is 17.7 Å². The van der Waals surface area contributed by atoms with Gasteiger partial charge in [-0.05, 0) is 48.8 Å². The number of benzene rings is 1. The number of ether oxygens (including phenoxy) is 2. The summed E-state index contributed by atoms with van der Waals surface area (Å²) in [7, 11) is 1.63. The molecule has 0 aliphatic carbocycles. The van der Waals surface area contributed by atoms with Crippen LogP contribution in [-0.2, 0) is 4.79 Å². The van der Waals surface area contributed by atoms with Crippen LogP contribution in [0.4, 0.5) is 0 Å². The molecule has 0 saturated heterocycles. The molecule has 23 heavy (non-hydrogen) atoms. The molecule has 0 atom stereocenters. The lowest BCUT2D eigenvalue weighted by Crippen LogP contribution is -2.08. The van der Waals surface area contributed by atoms with Crippen LogP contribution in [0.5, 0.6) is 11.5 Å². The van der Waals surface area contributed by atoms with Crippen molar-refractivity contribution < 1.29 is 19.4 Å². The monoisotopic (exact) mass is 312 g/mol. The van der Waals surface area contributed by atoms with Crippen molar-refractivity contribution in [2.24, 2.45) is 0 Å². The van der Waals surface area contributed by atoms with E-state index < -0.39 is 5.97 Å². The largest absolute Gasteiger partial charge is 0.497 e. The maximum Gasteiger partial charge on any atom is 0.328 e. The highest BCUT2D eigenvalue weighted by atomic mass is 16.5. The van der Waals surface area contributed by atoms with E-state index in [2.05, 4.69) is 6.08 Å². The first-order valence-corrected chi connectivity index (χ1v) is 7.27. The average molecular weight is 312 g/mol. The molecule has 1 N–H and O–H groups in total. The summed E-state index contributed by atoms with van der Waals surface area (Å²) in [6, 6.07) is 5.75. The molecule has 2 rings (SSSR count). The Morgan fingerprint density at radius 2 is 2.13 bits per heavy atom. The normalized spacial score (nSPS) is 15.0. The van der Waals surface area contributed by atoms with Crippen LogP contribution in [0.15, 0.2) is 59.2 Å². The minimum absolute atomic E-state index is 0.500. The maximum atomic E-state index is 10.6. The molecule has 1 heterocycles. The highest BCUT2D eigenvalue weighted by molar-refractivity contribution is 5.81. The molecular weight excluding hydrogens is 292 g/mol. The van der Waals surface area contributed by atoms with Crippen LogP contribution in [0.1, 0.15) is 19.4 Å². The Hall–Kier alpha value is -2.75. The number of carboxylic acid groups (broad SMARTS) is 1. The molecule has 4 heteroatoms. The Bertz CT molecular complexity index is 721. The lowest BCUT2D eigenvalue weighted by Gasteiger charge is -2.19. The van der Waals surface area contributed by atoms with Gasteiger partial charge in [0.05, 0.1) is 7.11 Å². The number of aliphatic carboxylic acids is 1. The Balaban J connectivity index is 2.15. The average Bonchev–Trinajstić information content (AvgIpc) is 2.53. The molecule has 0 radical (unpaired) electrons. The predicted octanol–water partition coefficient (Wildman–Crippen LogP) is 4.00. The van der Waals surface area contributed by atoms with Gasteiger partial charge in [-0.1, -0.05) is 18.2 Å². The molecule has 1 aliphatic rings. The summed E-state index contributed by atoms with van der Waals surface area (Å²) in [5.74, 6) is 0.649. The zero-order valence-electron chi connectivity index (χ0n) is 13.5. The molecule has 4 nitrogen and oxygen atoms in total. The fourth-order valence-electron chi connectivity index (χ4n) is 2.19. The summed E-state index contributed by atoms with van der Waals surface area (Å²) in [6.45, 7) is 4.25. The van der Waals surface area contributed by atoms with Gasteiger partial charge in [0.2, 0.25) is 0 Å². The first-order chi connectivity index (χ1) is 11.0. The van der Waals surface area contributed by atoms with Crippen LogP contribution in [0.25, 0.3) is 6.08 Å². The smallest absolute Gasteiger partial charge is 0.328 e. The molecule has 0 fully saturated rings. The Kier molecular flexibility index (Phi) is 5.41. The van der Waals surface area contributed by atoms with E-state index >= 15 is 0 Å². The second kappa shape index (κ2) is 7.49. The number of methoxy groups -OCH3 is 1. The predicted molar refractivity (Wildman–Crippen MR) is 90.8 cm³/mol. The molecule has 0 bridgehead atoms. The van der Waals surface area contributed by atoms with Crippen molar-refractivity contribution >= 4 is 12.0 Å². The van der Waals surface area contributed by atoms with Gasteiger partial charge in [-0.15, -0.1) is 0 Å². The summed E-state index contributed by atoms with van der Waals surface area (Å²) in [5.41, 5.74) is 3.87. The van der Waals surface area contributed by atoms with Crippen molar-refractivity contribution in [3.05, 3.63) is 64.8 Å². The lowest BCUT2D eigenvalue weighted by molar-refractivity contribution is -0.131. The lowest BCUT2D eigenvalue weighted by atomic mass is 10.0. The van der Waals surface area contributed by atoms with Crippen LogP contribution in [-0.4, -0.2) is 24.8 Å². The number of hydrogen-bond donors (Lipinski definition) is 1. The van der Waals surface area contributed by atoms with Crippen LogP contribution in [0, 0.1) is 0 Å². The third-order valence-electron chi connectivity index (χ3n) is 3.50. The van der Waals surface area contributed by atoms with E-state index in [1.807, 2.05) is 37.3 Å². The second-order valence-corrected chi connectivity index (χ2v) is 5.30. The molecule has 120 valence electrons. The van der Waals surface area contributed by atoms with Crippen molar-refractivity contribution in [3.63, 3.8) is 0 Å². The minimum Gasteiger partial charge on any atom is -0.497 e. The third-order valence-corrected chi connectivity index (χ3v) is 3.50. The van der Waals surface area contributed by atoms with Gasteiger partial charge in [0.25, 0.3) is 0 Å². The van der Waals surface area contributed by atoms with E-state index in [9.17, 15) is 4.79 Å². The van der Waals surface area contributed by atoms with E-state index in [1.165, 1.54) is 6.08 Å². The van der Waals surface area contributed by atoms with Gasteiger partial charge >= 0.3 is 5.97 Å². The van der Waals surface area contributed by atoms with Crippen LogP contribution < -0.4 is 9.47 Å². The van der Waals surface area contributed by atoms with Gasteiger partial charge in [-0.25, -0.2) is 4.79 Å². The number of carboxylic acids is 1. The molecule has 0 aromatic heterocycles. The van der Waals surface area contributed by atoms with Gasteiger partial charge in [-0.2, -0.15) is 0 Å². The maximum absolute atomic E-state index is 10.6. The summed E-state index contributed by atoms with van der Waals surface area (Å²) in [4.78, 5) is 10.6. The molecular formula is C19H20O4. The topological polar surface area (TPSA) is 55.8 Å². The summed E-state index contributed by atoms with van der Waals surface area (Å²) in [5, 5.41) is 8.67. The molecule has 1 aromatic carbocycles. The van der Waals surface area contributed by atoms with Gasteiger partial charge in [0.1, 0.15) is 18.1 Å². The van der Waals surface area contributed by atoms with E-state index in [1.54, 1.807) is 20.1 Å². The third kappa shape index (κ3) is 4.61. The van der Waals surface area contributed by atoms with E-state index in [0.29, 0.717) is 12.2 Å². The minimum atomic E-state index is -0.941. The Morgan fingerprint density at radius 1 is 1.35 bits per heavy atom. The SMILES string of the molecule is COc1ccc2c(c1)OCC(/C(C)=C/C=C/C(C)=C/C(=O)O)=C2. The zero-order chi connectivity index (χ0) is 16.8. The number of fused-ring (bicyclic) bond motifs is 1. The number of hydrogen-bond acceptors (Lipinski definition) is 3. The van der Waals surface area contributed by atoms with Crippen LogP contribution in [0.2, 0.25) is 0 Å². The van der Waals surface area contributed by atoms with Crippen molar-refractivity contribution in [1.29, 1.82) is 0 Å². The molecule has 0 unspecified atom stereocenters. The Morgan fingerprint density at radius 3 is 2.83 bits per heavy atom. The summed E-state index contributed by atoms with van der Waals surface area (Å²) in [6.07, 6.45) is 8.82. The molecule has 0 amide bonds. The van der Waals surface area contributed by atoms with Gasteiger partial charge in [-0.3, -0.25) is 0 Å². The summed E-state index contributed by atoms with van der Waals surface area (Å²) < 4.78 is 11.0. The number of allylic oxidation sites excluding steroid dienone is 4. The molecule has 1 aromatic rings. The van der Waals surface area contributed by atoms with Gasteiger partial charge < -0.3 is 14.6 Å². The van der Waals surface area contributed by atoms with E-state index in [0.717, 1.165) is 28.2 Å². The van der Waals surface area contributed by atoms with Crippen LogP contribution in [0.3, 0.4) is 0 Å². The van der Waals surface area contributed by atoms with Crippen molar-refractivity contribution in [1.82, 2.24) is 0 Å². The summed E-state index contributed by atoms with van der Waals surface area (Å²) >= 11 is 0. The quantitative estimate of drug-likeness (QED) is 0.659. The van der Waals surface area contributed by atoms with E-state index in [-0.39, 0.29) is 0 Å². The van der Waals surface area contributed by atoms with E-state index in [4.69, 9.17) is 14.6 Å². The fourth-order valence-corrected chi connectivity index (χ4v) is 2.19. The van der Waals surface area contributed by atoms with Gasteiger partial charge in [0.15, 0.2) is 0 Å². The standard InChI is InChI=1S/C19H20O4/c1-13(9-19(20)21)5-4-6-14(2)16-10-15-7-8-17(22-3)11-18(15)23-12-16/h4-11H,12H2,1-3H3,(H,20,21)/b5-4+,13-9+,14-6+. The highest BCUT2D eigenvalue weighted by Crippen LogP contribution is 2.32. The zero-order valence-corrected chi connectivity index (χ0v) is 13.5. The fraction of sp³-hybridized carbons (Fsp3) is 0.211. The van der Waals surface area contributed by atoms with Crippen LogP contribution >= 0.6 is 0 Å². The number of carbonyl (C=O) groups is 1. The molecule has 0 spiro atoms. The second-order valence-electron chi connectivity index (χ2n) is 5.30. The first kappa shape index (κ1) is 16.6. The number of rotatable bonds is 5. The van der Waals surface area contributed by atoms with Crippen molar-refractivity contribution in [2.75, 3.05) is 13.7 Å². The molecule has 1 aliphatic heterocycles. The highest BCUT2D eigenvalue weighted by Gasteiger charge is 2.13. The Labute approximate surface area is 136 Å². The first-order valence-electron chi connectivity index (χ1n) is 7.27. The van der Waals surface area contributed by atoms with Crippen molar-refractivity contribution in [2.45, 2.75) is 13.8 Å². The molecule has 0 saturated carbocycles. The van der Waals surface area contributed by atoms with Crippen molar-refractivity contribution in [3.8, 4) is 11.5 Å².